The molecule has 0 heterocycles. The summed E-state index contributed by atoms with van der Waals surface area (Å²) in [5.74, 6) is -0.905. The first-order valence-corrected chi connectivity index (χ1v) is 10.6. The molecule has 2 amide bonds. The first-order chi connectivity index (χ1) is 14.9. The maximum Gasteiger partial charge on any atom is 0.489 e. The van der Waals surface area contributed by atoms with Crippen LogP contribution in [-0.2, 0) is 0 Å². The fourth-order valence-corrected chi connectivity index (χ4v) is 3.92. The zero-order valence-corrected chi connectivity index (χ0v) is 19.5. The Morgan fingerprint density at radius 2 is 1.66 bits per heavy atom. The molecule has 1 atom stereocenters. The third-order valence-corrected chi connectivity index (χ3v) is 5.36. The van der Waals surface area contributed by atoms with Crippen LogP contribution in [0, 0.1) is 19.3 Å². The molecule has 7 nitrogen and oxygen atoms in total. The van der Waals surface area contributed by atoms with Crippen LogP contribution in [0.1, 0.15) is 76.3 Å². The van der Waals surface area contributed by atoms with Crippen LogP contribution in [0.5, 0.6) is 0 Å². The Morgan fingerprint density at radius 1 is 1.06 bits per heavy atom. The van der Waals surface area contributed by atoms with Crippen molar-refractivity contribution in [3.8, 4) is 0 Å². The van der Waals surface area contributed by atoms with Gasteiger partial charge in [0.25, 0.3) is 11.8 Å². The van der Waals surface area contributed by atoms with Gasteiger partial charge in [-0.05, 0) is 55.4 Å². The molecule has 0 aliphatic heterocycles. The Kier molecular flexibility index (Phi) is 7.99. The van der Waals surface area contributed by atoms with Crippen LogP contribution in [0.15, 0.2) is 36.4 Å². The Hall–Kier alpha value is -2.97. The Balaban J connectivity index is 2.48. The summed E-state index contributed by atoms with van der Waals surface area (Å²) in [6.45, 7) is 11.8. The van der Waals surface area contributed by atoms with E-state index in [1.54, 1.807) is 12.1 Å². The van der Waals surface area contributed by atoms with Crippen molar-refractivity contribution in [2.24, 2.45) is 5.41 Å². The lowest BCUT2D eigenvalue weighted by atomic mass is 9.77. The summed E-state index contributed by atoms with van der Waals surface area (Å²) >= 11 is 0. The monoisotopic (exact) mass is 438 g/mol. The Labute approximate surface area is 189 Å². The average molecular weight is 438 g/mol. The van der Waals surface area contributed by atoms with Crippen molar-refractivity contribution in [1.29, 1.82) is 0 Å². The predicted molar refractivity (Wildman–Crippen MR) is 125 cm³/mol. The average Bonchev–Trinajstić information content (AvgIpc) is 2.70. The zero-order valence-electron chi connectivity index (χ0n) is 19.5. The molecule has 0 saturated heterocycles. The number of hydrogen-bond acceptors (Lipinski definition) is 5. The molecule has 0 aliphatic rings. The molecule has 8 heteroatoms. The SMILES string of the molecule is CC[C@@H](N(NC(=O)c1ccc(B(O)O)c(C=O)c1)C(=O)c1cc(C)cc(C)c1)C(C)(C)C. The number of aryl methyl sites for hydroxylation is 2. The number of carbonyl (C=O) groups excluding carboxylic acids is 3. The van der Waals surface area contributed by atoms with Crippen molar-refractivity contribution < 1.29 is 24.4 Å². The molecule has 0 saturated carbocycles. The van der Waals surface area contributed by atoms with Gasteiger partial charge in [0.1, 0.15) is 6.29 Å². The minimum Gasteiger partial charge on any atom is -0.423 e. The minimum atomic E-state index is -1.83. The highest BCUT2D eigenvalue weighted by Gasteiger charge is 2.34. The number of hydrogen-bond donors (Lipinski definition) is 3. The van der Waals surface area contributed by atoms with E-state index in [1.807, 2.05) is 47.6 Å². The van der Waals surface area contributed by atoms with Gasteiger partial charge < -0.3 is 10.0 Å². The summed E-state index contributed by atoms with van der Waals surface area (Å²) in [5, 5.41) is 20.2. The van der Waals surface area contributed by atoms with E-state index < -0.39 is 13.0 Å². The first-order valence-electron chi connectivity index (χ1n) is 10.6. The number of nitrogens with one attached hydrogen (secondary N) is 1. The molecule has 170 valence electrons. The normalized spacial score (nSPS) is 12.1. The fraction of sp³-hybridized carbons (Fsp3) is 0.375. The smallest absolute Gasteiger partial charge is 0.423 e. The van der Waals surface area contributed by atoms with Crippen LogP contribution in [0.25, 0.3) is 0 Å². The van der Waals surface area contributed by atoms with Crippen molar-refractivity contribution in [3.05, 3.63) is 64.2 Å². The second-order valence-electron chi connectivity index (χ2n) is 9.12. The molecule has 0 bridgehead atoms. The van der Waals surface area contributed by atoms with E-state index in [2.05, 4.69) is 5.43 Å². The number of nitrogens with zero attached hydrogens (tertiary/aromatic N) is 1. The lowest BCUT2D eigenvalue weighted by Gasteiger charge is -2.39. The van der Waals surface area contributed by atoms with Crippen molar-refractivity contribution >= 4 is 30.7 Å². The molecular formula is C24H31BN2O5. The van der Waals surface area contributed by atoms with E-state index in [-0.39, 0.29) is 34.0 Å². The van der Waals surface area contributed by atoms with Gasteiger partial charge in [-0.25, -0.2) is 5.01 Å². The maximum atomic E-state index is 13.5. The summed E-state index contributed by atoms with van der Waals surface area (Å²) < 4.78 is 0. The molecule has 0 unspecified atom stereocenters. The highest BCUT2D eigenvalue weighted by molar-refractivity contribution is 6.60. The molecule has 0 spiro atoms. The van der Waals surface area contributed by atoms with Crippen molar-refractivity contribution in [2.75, 3.05) is 0 Å². The van der Waals surface area contributed by atoms with Crippen LogP contribution >= 0.6 is 0 Å². The van der Waals surface area contributed by atoms with Crippen LogP contribution in [0.3, 0.4) is 0 Å². The summed E-state index contributed by atoms with van der Waals surface area (Å²) in [5.41, 5.74) is 4.87. The quantitative estimate of drug-likeness (QED) is 0.365. The van der Waals surface area contributed by atoms with Gasteiger partial charge in [-0.2, -0.15) is 0 Å². The van der Waals surface area contributed by atoms with Gasteiger partial charge in [0.15, 0.2) is 0 Å². The lowest BCUT2D eigenvalue weighted by molar-refractivity contribution is 0.0285. The number of amides is 2. The second-order valence-corrected chi connectivity index (χ2v) is 9.12. The van der Waals surface area contributed by atoms with Gasteiger partial charge in [-0.1, -0.05) is 51.0 Å². The molecule has 0 aliphatic carbocycles. The zero-order chi connectivity index (χ0) is 24.2. The molecule has 0 aromatic heterocycles. The van der Waals surface area contributed by atoms with Gasteiger partial charge in [-0.15, -0.1) is 0 Å². The summed E-state index contributed by atoms with van der Waals surface area (Å²) in [6.07, 6.45) is 1.06. The number of rotatable bonds is 6. The molecule has 0 fully saturated rings. The third-order valence-electron chi connectivity index (χ3n) is 5.36. The van der Waals surface area contributed by atoms with Crippen LogP contribution in [0.2, 0.25) is 0 Å². The summed E-state index contributed by atoms with van der Waals surface area (Å²) in [6, 6.07) is 9.20. The molecule has 2 aromatic rings. The highest BCUT2D eigenvalue weighted by atomic mass is 16.4. The van der Waals surface area contributed by atoms with Crippen LogP contribution in [0.4, 0.5) is 0 Å². The molecule has 0 radical (unpaired) electrons. The number of hydrazine groups is 1. The number of aldehydes is 1. The van der Waals surface area contributed by atoms with Crippen molar-refractivity contribution in [1.82, 2.24) is 10.4 Å². The topological polar surface area (TPSA) is 107 Å². The Morgan fingerprint density at radius 3 is 2.12 bits per heavy atom. The maximum absolute atomic E-state index is 13.5. The van der Waals surface area contributed by atoms with E-state index in [0.717, 1.165) is 11.1 Å². The van der Waals surface area contributed by atoms with Gasteiger partial charge >= 0.3 is 7.12 Å². The minimum absolute atomic E-state index is 0.000782. The first kappa shape index (κ1) is 25.3. The van der Waals surface area contributed by atoms with Crippen molar-refractivity contribution in [3.63, 3.8) is 0 Å². The van der Waals surface area contributed by atoms with E-state index in [4.69, 9.17) is 0 Å². The van der Waals surface area contributed by atoms with Gasteiger partial charge in [0.2, 0.25) is 0 Å². The van der Waals surface area contributed by atoms with Crippen molar-refractivity contribution in [2.45, 2.75) is 54.0 Å². The fourth-order valence-electron chi connectivity index (χ4n) is 3.92. The summed E-state index contributed by atoms with van der Waals surface area (Å²) in [4.78, 5) is 37.9. The number of benzene rings is 2. The van der Waals surface area contributed by atoms with Gasteiger partial charge in [-0.3, -0.25) is 19.8 Å². The predicted octanol–water partition coefficient (Wildman–Crippen LogP) is 2.41. The summed E-state index contributed by atoms with van der Waals surface area (Å²) in [7, 11) is -1.83. The van der Waals surface area contributed by atoms with E-state index in [1.165, 1.54) is 23.2 Å². The molecular weight excluding hydrogens is 407 g/mol. The number of carbonyl (C=O) groups is 3. The van der Waals surface area contributed by atoms with E-state index in [9.17, 15) is 24.4 Å². The lowest BCUT2D eigenvalue weighted by Crippen LogP contribution is -2.56. The largest absolute Gasteiger partial charge is 0.489 e. The third kappa shape index (κ3) is 5.84. The van der Waals surface area contributed by atoms with Gasteiger partial charge in [0.05, 0.1) is 6.04 Å². The van der Waals surface area contributed by atoms with E-state index in [0.29, 0.717) is 18.3 Å². The van der Waals surface area contributed by atoms with Gasteiger partial charge in [0, 0.05) is 16.7 Å². The standard InChI is InChI=1S/C24H31BN2O5/c1-7-21(24(4,5)6)27(23(30)18-11-15(2)10-16(3)12-18)26-22(29)17-8-9-20(25(31)32)19(13-17)14-28/h8-14,21,31-32H,7H2,1-6H3,(H,26,29)/t21-/m1/s1. The van der Waals surface area contributed by atoms with Crippen LogP contribution < -0.4 is 10.9 Å². The molecule has 2 rings (SSSR count). The molecule has 3 N–H and O–H groups in total. The molecule has 32 heavy (non-hydrogen) atoms. The van der Waals surface area contributed by atoms with E-state index >= 15 is 0 Å². The Bertz CT molecular complexity index is 994. The highest BCUT2D eigenvalue weighted by Crippen LogP contribution is 2.27. The van der Waals surface area contributed by atoms with Crippen LogP contribution in [-0.4, -0.2) is 46.3 Å². The second kappa shape index (κ2) is 10.1. The molecule has 2 aromatic carbocycles.